The lowest BCUT2D eigenvalue weighted by Gasteiger charge is -2.11. The van der Waals surface area contributed by atoms with Gasteiger partial charge in [-0.2, -0.15) is 5.10 Å². The van der Waals surface area contributed by atoms with Gasteiger partial charge in [0.1, 0.15) is 5.75 Å². The van der Waals surface area contributed by atoms with Gasteiger partial charge in [0, 0.05) is 34.2 Å². The minimum Gasteiger partial charge on any atom is -0.494 e. The van der Waals surface area contributed by atoms with Gasteiger partial charge in [-0.15, -0.1) is 10.2 Å². The number of hydrogen-bond donors (Lipinski definition) is 1. The van der Waals surface area contributed by atoms with E-state index in [1.54, 1.807) is 24.5 Å². The van der Waals surface area contributed by atoms with Crippen molar-refractivity contribution in [3.63, 3.8) is 0 Å². The molecule has 0 saturated carbocycles. The fraction of sp³-hybridized carbons (Fsp3) is 0.160. The van der Waals surface area contributed by atoms with Gasteiger partial charge in [-0.25, -0.2) is 5.43 Å². The maximum absolute atomic E-state index is 12.5. The molecule has 2 heterocycles. The first-order valence-corrected chi connectivity index (χ1v) is 12.2. The van der Waals surface area contributed by atoms with E-state index < -0.39 is 0 Å². The molecular formula is C25H23ClN6O2S. The molecule has 0 unspecified atom stereocenters. The Kier molecular flexibility index (Phi) is 8.12. The van der Waals surface area contributed by atoms with Crippen LogP contribution in [-0.4, -0.2) is 43.7 Å². The van der Waals surface area contributed by atoms with Crippen LogP contribution >= 0.6 is 23.4 Å². The number of hydrazone groups is 1. The molecule has 0 atom stereocenters. The lowest BCUT2D eigenvalue weighted by Crippen LogP contribution is -2.21. The fourth-order valence-corrected chi connectivity index (χ4v) is 4.08. The number of amides is 1. The number of rotatable bonds is 9. The average molecular weight is 507 g/mol. The van der Waals surface area contributed by atoms with E-state index in [9.17, 15) is 4.79 Å². The minimum atomic E-state index is -0.252. The number of aromatic nitrogens is 4. The van der Waals surface area contributed by atoms with E-state index in [1.807, 2.05) is 66.9 Å². The van der Waals surface area contributed by atoms with Crippen LogP contribution in [0.1, 0.15) is 19.4 Å². The zero-order chi connectivity index (χ0) is 24.6. The van der Waals surface area contributed by atoms with E-state index in [1.165, 1.54) is 11.8 Å². The second kappa shape index (κ2) is 11.6. The Morgan fingerprint density at radius 1 is 1.06 bits per heavy atom. The van der Waals surface area contributed by atoms with Crippen LogP contribution in [0.5, 0.6) is 5.75 Å². The summed E-state index contributed by atoms with van der Waals surface area (Å²) in [7, 11) is 0. The largest absolute Gasteiger partial charge is 0.494 e. The summed E-state index contributed by atoms with van der Waals surface area (Å²) >= 11 is 7.34. The van der Waals surface area contributed by atoms with E-state index in [-0.39, 0.29) is 11.7 Å². The number of ether oxygens (including phenoxy) is 1. The molecule has 0 bridgehead atoms. The van der Waals surface area contributed by atoms with Gasteiger partial charge >= 0.3 is 0 Å². The molecule has 35 heavy (non-hydrogen) atoms. The molecule has 1 N–H and O–H groups in total. The predicted octanol–water partition coefficient (Wildman–Crippen LogP) is 5.01. The number of benzene rings is 2. The highest BCUT2D eigenvalue weighted by Gasteiger charge is 2.17. The van der Waals surface area contributed by atoms with Crippen molar-refractivity contribution in [2.75, 3.05) is 12.4 Å². The van der Waals surface area contributed by atoms with Crippen LogP contribution in [0.4, 0.5) is 0 Å². The van der Waals surface area contributed by atoms with Gasteiger partial charge in [-0.3, -0.25) is 14.3 Å². The molecule has 4 rings (SSSR count). The lowest BCUT2D eigenvalue weighted by molar-refractivity contribution is -0.118. The van der Waals surface area contributed by atoms with Gasteiger partial charge in [0.05, 0.1) is 18.1 Å². The normalized spacial score (nSPS) is 11.3. The summed E-state index contributed by atoms with van der Waals surface area (Å²) in [5, 5.41) is 14.1. The number of thioether (sulfide) groups is 1. The van der Waals surface area contributed by atoms with E-state index in [4.69, 9.17) is 16.3 Å². The number of nitrogens with zero attached hydrogens (tertiary/aromatic N) is 5. The first-order valence-electron chi connectivity index (χ1n) is 10.9. The van der Waals surface area contributed by atoms with Crippen molar-refractivity contribution in [2.45, 2.75) is 19.0 Å². The maximum Gasteiger partial charge on any atom is 0.250 e. The third-order valence-electron chi connectivity index (χ3n) is 4.92. The van der Waals surface area contributed by atoms with Gasteiger partial charge in [0.25, 0.3) is 5.91 Å². The number of hydrogen-bond acceptors (Lipinski definition) is 7. The highest BCUT2D eigenvalue weighted by molar-refractivity contribution is 7.99. The summed E-state index contributed by atoms with van der Waals surface area (Å²) in [5.74, 6) is 1.27. The maximum atomic E-state index is 12.5. The molecule has 0 saturated heterocycles. The third kappa shape index (κ3) is 6.26. The van der Waals surface area contributed by atoms with Crippen molar-refractivity contribution >= 4 is 35.0 Å². The summed E-state index contributed by atoms with van der Waals surface area (Å²) in [6.45, 7) is 4.35. The van der Waals surface area contributed by atoms with E-state index in [0.29, 0.717) is 28.3 Å². The van der Waals surface area contributed by atoms with E-state index in [0.717, 1.165) is 22.6 Å². The molecule has 0 aliphatic heterocycles. The van der Waals surface area contributed by atoms with Crippen LogP contribution in [-0.2, 0) is 4.79 Å². The zero-order valence-corrected chi connectivity index (χ0v) is 20.8. The van der Waals surface area contributed by atoms with Crippen LogP contribution < -0.4 is 10.2 Å². The van der Waals surface area contributed by atoms with E-state index in [2.05, 4.69) is 25.7 Å². The molecule has 178 valence electrons. The Morgan fingerprint density at radius 3 is 2.46 bits per heavy atom. The van der Waals surface area contributed by atoms with Crippen molar-refractivity contribution in [1.29, 1.82) is 0 Å². The molecule has 2 aromatic carbocycles. The Labute approximate surface area is 212 Å². The molecule has 0 aliphatic carbocycles. The van der Waals surface area contributed by atoms with Crippen molar-refractivity contribution in [1.82, 2.24) is 25.2 Å². The predicted molar refractivity (Wildman–Crippen MR) is 138 cm³/mol. The summed E-state index contributed by atoms with van der Waals surface area (Å²) < 4.78 is 7.47. The van der Waals surface area contributed by atoms with Gasteiger partial charge in [0.2, 0.25) is 0 Å². The fourth-order valence-electron chi connectivity index (χ4n) is 3.21. The zero-order valence-electron chi connectivity index (χ0n) is 19.2. The molecule has 0 fully saturated rings. The average Bonchev–Trinajstić information content (AvgIpc) is 3.31. The molecule has 0 aliphatic rings. The van der Waals surface area contributed by atoms with Crippen LogP contribution in [0, 0.1) is 0 Å². The van der Waals surface area contributed by atoms with Crippen LogP contribution in [0.2, 0.25) is 5.02 Å². The number of carbonyl (C=O) groups is 1. The van der Waals surface area contributed by atoms with Crippen molar-refractivity contribution < 1.29 is 9.53 Å². The topological polar surface area (TPSA) is 94.3 Å². The SMILES string of the molecule is CCOc1ccc(-n2c(SCC(=O)NN=C(C)c3ccncc3)nnc2-c2ccc(Cl)cc2)cc1. The third-order valence-corrected chi connectivity index (χ3v) is 6.10. The summed E-state index contributed by atoms with van der Waals surface area (Å²) in [6.07, 6.45) is 3.36. The van der Waals surface area contributed by atoms with Crippen molar-refractivity contribution in [2.24, 2.45) is 5.10 Å². The highest BCUT2D eigenvalue weighted by atomic mass is 35.5. The minimum absolute atomic E-state index is 0.114. The highest BCUT2D eigenvalue weighted by Crippen LogP contribution is 2.29. The molecule has 0 spiro atoms. The van der Waals surface area contributed by atoms with Gasteiger partial charge in [0.15, 0.2) is 11.0 Å². The molecule has 2 aromatic heterocycles. The van der Waals surface area contributed by atoms with Crippen molar-refractivity contribution in [3.05, 3.63) is 83.6 Å². The lowest BCUT2D eigenvalue weighted by atomic mass is 10.2. The number of halogens is 1. The molecule has 4 aromatic rings. The van der Waals surface area contributed by atoms with Crippen LogP contribution in [0.3, 0.4) is 0 Å². The molecule has 0 radical (unpaired) electrons. The van der Waals surface area contributed by atoms with Crippen LogP contribution in [0.15, 0.2) is 83.3 Å². The van der Waals surface area contributed by atoms with E-state index >= 15 is 0 Å². The second-order valence-corrected chi connectivity index (χ2v) is 8.71. The second-order valence-electron chi connectivity index (χ2n) is 7.33. The Bertz CT molecular complexity index is 1310. The molecule has 10 heteroatoms. The molecular weight excluding hydrogens is 484 g/mol. The van der Waals surface area contributed by atoms with Gasteiger partial charge in [-0.1, -0.05) is 23.4 Å². The molecule has 1 amide bonds. The smallest absolute Gasteiger partial charge is 0.250 e. The summed E-state index contributed by atoms with van der Waals surface area (Å²) in [4.78, 5) is 16.5. The quantitative estimate of drug-likeness (QED) is 0.195. The molecule has 8 nitrogen and oxygen atoms in total. The van der Waals surface area contributed by atoms with Gasteiger partial charge in [-0.05, 0) is 74.5 Å². The standard InChI is InChI=1S/C25H23ClN6O2S/c1-3-34-22-10-8-21(9-11-22)32-24(19-4-6-20(26)7-5-19)30-31-25(32)35-16-23(33)29-28-17(2)18-12-14-27-15-13-18/h4-15H,3,16H2,1-2H3,(H,29,33). The van der Waals surface area contributed by atoms with Crippen LogP contribution in [0.25, 0.3) is 17.1 Å². The summed E-state index contributed by atoms with van der Waals surface area (Å²) in [5.41, 5.74) is 5.87. The van der Waals surface area contributed by atoms with Crippen molar-refractivity contribution in [3.8, 4) is 22.8 Å². The van der Waals surface area contributed by atoms with Gasteiger partial charge < -0.3 is 4.74 Å². The summed E-state index contributed by atoms with van der Waals surface area (Å²) in [6, 6.07) is 18.7. The number of pyridine rings is 1. The first-order chi connectivity index (χ1) is 17.0. The Balaban J connectivity index is 1.55. The monoisotopic (exact) mass is 506 g/mol. The Morgan fingerprint density at radius 2 is 1.77 bits per heavy atom. The number of nitrogens with one attached hydrogen (secondary N) is 1. The first kappa shape index (κ1) is 24.4. The Hall–Kier alpha value is -3.69. The number of carbonyl (C=O) groups excluding carboxylic acids is 1.